The van der Waals surface area contributed by atoms with E-state index in [0.29, 0.717) is 5.02 Å². The smallest absolute Gasteiger partial charge is 0.335 e. The molecule has 0 aliphatic carbocycles. The predicted molar refractivity (Wildman–Crippen MR) is 65.7 cm³/mol. The van der Waals surface area contributed by atoms with Crippen LogP contribution in [0.25, 0.3) is 0 Å². The third-order valence-electron chi connectivity index (χ3n) is 2.09. The molecule has 1 heterocycles. The zero-order valence-electron chi connectivity index (χ0n) is 8.92. The first-order valence-electron chi connectivity index (χ1n) is 4.75. The van der Waals surface area contributed by atoms with Crippen molar-refractivity contribution in [2.75, 3.05) is 0 Å². The number of hydrogen-bond acceptors (Lipinski definition) is 3. The minimum atomic E-state index is -0.982. The number of carboxylic acid groups (broad SMARTS) is 1. The van der Waals surface area contributed by atoms with E-state index in [4.69, 9.17) is 16.7 Å². The molecular weight excluding hydrogens is 260 g/mol. The van der Waals surface area contributed by atoms with Gasteiger partial charge in [-0.1, -0.05) is 23.4 Å². The Labute approximate surface area is 107 Å². The molecule has 0 spiro atoms. The van der Waals surface area contributed by atoms with Crippen molar-refractivity contribution in [3.63, 3.8) is 0 Å². The standard InChI is InChI=1S/C11H9ClN2O2S/c1-14-6-8(5-13-14)17-10-3-2-7(11(15)16)4-9(10)12/h2-6H,1H3,(H,15,16). The van der Waals surface area contributed by atoms with Gasteiger partial charge in [0.1, 0.15) is 0 Å². The van der Waals surface area contributed by atoms with Crippen LogP contribution in [0.2, 0.25) is 5.02 Å². The zero-order chi connectivity index (χ0) is 12.4. The second kappa shape index (κ2) is 4.81. The van der Waals surface area contributed by atoms with Crippen LogP contribution in [-0.2, 0) is 7.05 Å². The summed E-state index contributed by atoms with van der Waals surface area (Å²) in [7, 11) is 1.83. The second-order valence-corrected chi connectivity index (χ2v) is 4.92. The molecule has 0 aliphatic rings. The summed E-state index contributed by atoms with van der Waals surface area (Å²) in [6.07, 6.45) is 3.60. The third kappa shape index (κ3) is 2.81. The Kier molecular flexibility index (Phi) is 3.40. The highest BCUT2D eigenvalue weighted by Gasteiger charge is 2.08. The predicted octanol–water partition coefficient (Wildman–Crippen LogP) is 2.92. The maximum atomic E-state index is 10.7. The zero-order valence-corrected chi connectivity index (χ0v) is 10.5. The number of aromatic carboxylic acids is 1. The van der Waals surface area contributed by atoms with Crippen LogP contribution in [0.4, 0.5) is 0 Å². The number of nitrogens with zero attached hydrogens (tertiary/aromatic N) is 2. The number of aryl methyl sites for hydroxylation is 1. The van der Waals surface area contributed by atoms with Crippen molar-refractivity contribution >= 4 is 29.3 Å². The van der Waals surface area contributed by atoms with Crippen LogP contribution in [0, 0.1) is 0 Å². The number of carbonyl (C=O) groups is 1. The lowest BCUT2D eigenvalue weighted by Gasteiger charge is -2.03. The maximum Gasteiger partial charge on any atom is 0.335 e. The first-order valence-corrected chi connectivity index (χ1v) is 5.95. The molecule has 2 rings (SSSR count). The van der Waals surface area contributed by atoms with E-state index < -0.39 is 5.97 Å². The van der Waals surface area contributed by atoms with Gasteiger partial charge in [-0.05, 0) is 18.2 Å². The molecule has 88 valence electrons. The Morgan fingerprint density at radius 3 is 2.82 bits per heavy atom. The number of rotatable bonds is 3. The van der Waals surface area contributed by atoms with E-state index in [1.807, 2.05) is 13.2 Å². The largest absolute Gasteiger partial charge is 0.478 e. The number of halogens is 1. The van der Waals surface area contributed by atoms with Crippen molar-refractivity contribution in [3.05, 3.63) is 41.2 Å². The molecule has 0 saturated carbocycles. The van der Waals surface area contributed by atoms with Gasteiger partial charge in [0.25, 0.3) is 0 Å². The normalized spacial score (nSPS) is 10.5. The first-order chi connectivity index (χ1) is 8.06. The summed E-state index contributed by atoms with van der Waals surface area (Å²) >= 11 is 7.47. The van der Waals surface area contributed by atoms with Crippen LogP contribution < -0.4 is 0 Å². The van der Waals surface area contributed by atoms with E-state index >= 15 is 0 Å². The minimum Gasteiger partial charge on any atom is -0.478 e. The molecule has 1 aromatic heterocycles. The van der Waals surface area contributed by atoms with Gasteiger partial charge in [0.2, 0.25) is 0 Å². The van der Waals surface area contributed by atoms with Gasteiger partial charge in [-0.25, -0.2) is 4.79 Å². The van der Waals surface area contributed by atoms with Crippen molar-refractivity contribution in [3.8, 4) is 0 Å². The highest BCUT2D eigenvalue weighted by Crippen LogP contribution is 2.33. The fourth-order valence-corrected chi connectivity index (χ4v) is 2.44. The Morgan fingerprint density at radius 2 is 2.29 bits per heavy atom. The lowest BCUT2D eigenvalue weighted by atomic mass is 10.2. The molecule has 0 aliphatic heterocycles. The van der Waals surface area contributed by atoms with Crippen LogP contribution >= 0.6 is 23.4 Å². The highest BCUT2D eigenvalue weighted by molar-refractivity contribution is 7.99. The van der Waals surface area contributed by atoms with Crippen LogP contribution in [-0.4, -0.2) is 20.9 Å². The Morgan fingerprint density at radius 1 is 1.53 bits per heavy atom. The molecule has 17 heavy (non-hydrogen) atoms. The summed E-state index contributed by atoms with van der Waals surface area (Å²) in [5, 5.41) is 13.3. The SMILES string of the molecule is Cn1cc(Sc2ccc(C(=O)O)cc2Cl)cn1. The number of hydrogen-bond donors (Lipinski definition) is 1. The summed E-state index contributed by atoms with van der Waals surface area (Å²) in [5.74, 6) is -0.982. The van der Waals surface area contributed by atoms with Crippen LogP contribution in [0.5, 0.6) is 0 Å². The van der Waals surface area contributed by atoms with Crippen molar-refractivity contribution < 1.29 is 9.90 Å². The fraction of sp³-hybridized carbons (Fsp3) is 0.0909. The molecule has 0 saturated heterocycles. The molecule has 1 aromatic carbocycles. The summed E-state index contributed by atoms with van der Waals surface area (Å²) < 4.78 is 1.70. The molecule has 0 atom stereocenters. The van der Waals surface area contributed by atoms with Crippen LogP contribution in [0.3, 0.4) is 0 Å². The van der Waals surface area contributed by atoms with Gasteiger partial charge in [0.15, 0.2) is 0 Å². The van der Waals surface area contributed by atoms with Gasteiger partial charge in [-0.3, -0.25) is 4.68 Å². The quantitative estimate of drug-likeness (QED) is 0.930. The molecule has 6 heteroatoms. The lowest BCUT2D eigenvalue weighted by molar-refractivity contribution is 0.0697. The Hall–Kier alpha value is -1.46. The monoisotopic (exact) mass is 268 g/mol. The van der Waals surface area contributed by atoms with E-state index in [1.54, 1.807) is 16.9 Å². The van der Waals surface area contributed by atoms with Gasteiger partial charge in [0.05, 0.1) is 21.7 Å². The number of aromatic nitrogens is 2. The minimum absolute atomic E-state index is 0.186. The Balaban J connectivity index is 2.25. The van der Waals surface area contributed by atoms with Crippen LogP contribution in [0.15, 0.2) is 40.4 Å². The lowest BCUT2D eigenvalue weighted by Crippen LogP contribution is -1.95. The second-order valence-electron chi connectivity index (χ2n) is 3.40. The van der Waals surface area contributed by atoms with E-state index in [-0.39, 0.29) is 5.56 Å². The molecule has 0 bridgehead atoms. The van der Waals surface area contributed by atoms with E-state index in [9.17, 15) is 4.79 Å². The van der Waals surface area contributed by atoms with E-state index in [1.165, 1.54) is 23.9 Å². The summed E-state index contributed by atoms with van der Waals surface area (Å²) in [5.41, 5.74) is 0.186. The van der Waals surface area contributed by atoms with E-state index in [2.05, 4.69) is 5.10 Å². The van der Waals surface area contributed by atoms with Crippen molar-refractivity contribution in [2.24, 2.45) is 7.05 Å². The molecule has 1 N–H and O–H groups in total. The van der Waals surface area contributed by atoms with Crippen molar-refractivity contribution in [1.29, 1.82) is 0 Å². The van der Waals surface area contributed by atoms with Gasteiger partial charge in [0, 0.05) is 18.1 Å². The van der Waals surface area contributed by atoms with Gasteiger partial charge >= 0.3 is 5.97 Å². The van der Waals surface area contributed by atoms with Crippen LogP contribution in [0.1, 0.15) is 10.4 Å². The van der Waals surface area contributed by atoms with Crippen molar-refractivity contribution in [1.82, 2.24) is 9.78 Å². The third-order valence-corrected chi connectivity index (χ3v) is 3.54. The molecule has 4 nitrogen and oxygen atoms in total. The molecule has 0 amide bonds. The fourth-order valence-electron chi connectivity index (χ4n) is 1.30. The first kappa shape index (κ1) is 12.0. The summed E-state index contributed by atoms with van der Waals surface area (Å²) in [6.45, 7) is 0. The molecule has 0 fully saturated rings. The van der Waals surface area contributed by atoms with Gasteiger partial charge < -0.3 is 5.11 Å². The Bertz CT molecular complexity index is 568. The highest BCUT2D eigenvalue weighted by atomic mass is 35.5. The molecule has 0 radical (unpaired) electrons. The van der Waals surface area contributed by atoms with Crippen molar-refractivity contribution in [2.45, 2.75) is 9.79 Å². The molecule has 0 unspecified atom stereocenters. The van der Waals surface area contributed by atoms with Gasteiger partial charge in [-0.15, -0.1) is 0 Å². The topological polar surface area (TPSA) is 55.1 Å². The average molecular weight is 269 g/mol. The molecule has 2 aromatic rings. The molecular formula is C11H9ClN2O2S. The number of benzene rings is 1. The summed E-state index contributed by atoms with van der Waals surface area (Å²) in [6, 6.07) is 4.68. The summed E-state index contributed by atoms with van der Waals surface area (Å²) in [4.78, 5) is 12.5. The average Bonchev–Trinajstić information content (AvgIpc) is 2.67. The van der Waals surface area contributed by atoms with Gasteiger partial charge in [-0.2, -0.15) is 5.10 Å². The number of carboxylic acids is 1. The van der Waals surface area contributed by atoms with E-state index in [0.717, 1.165) is 9.79 Å². The maximum absolute atomic E-state index is 10.7.